The zero-order valence-corrected chi connectivity index (χ0v) is 42.8. The molecule has 1 aliphatic heterocycles. The number of carbonyl (C=O) groups excluding carboxylic acids is 8. The number of aliphatic hydroxyl groups is 2. The van der Waals surface area contributed by atoms with Gasteiger partial charge in [0.25, 0.3) is 12.4 Å². The fraction of sp³-hybridized carbons (Fsp3) is 0.472. The number of ether oxygens (including phenoxy) is 7. The molecule has 20 heteroatoms. The molecule has 1 unspecified atom stereocenters. The van der Waals surface area contributed by atoms with Crippen LogP contribution < -0.4 is 5.32 Å². The summed E-state index contributed by atoms with van der Waals surface area (Å²) in [6.45, 7) is 8.35. The third-order valence-corrected chi connectivity index (χ3v) is 16.9. The van der Waals surface area contributed by atoms with Gasteiger partial charge in [0, 0.05) is 49.2 Å². The maximum absolute atomic E-state index is 15.7. The molecular weight excluding hydrogens is 987 g/mol. The Bertz CT molecular complexity index is 2600. The maximum atomic E-state index is 15.7. The Balaban J connectivity index is 1.37. The summed E-state index contributed by atoms with van der Waals surface area (Å²) in [4.78, 5) is 110. The van der Waals surface area contributed by atoms with Crippen molar-refractivity contribution in [3.63, 3.8) is 0 Å². The molecule has 3 N–H and O–H groups in total. The van der Waals surface area contributed by atoms with Crippen molar-refractivity contribution < 1.29 is 81.7 Å². The predicted molar refractivity (Wildman–Crippen MR) is 263 cm³/mol. The van der Waals surface area contributed by atoms with E-state index in [1.807, 2.05) is 0 Å². The minimum Gasteiger partial charge on any atom is -0.467 e. The van der Waals surface area contributed by atoms with E-state index in [0.717, 1.165) is 13.8 Å². The highest BCUT2D eigenvalue weighted by molar-refractivity contribution is 8.76. The lowest BCUT2D eigenvalue weighted by Crippen LogP contribution is -2.82. The Kier molecular flexibility index (Phi) is 16.9. The first-order chi connectivity index (χ1) is 34.7. The minimum atomic E-state index is -2.47. The summed E-state index contributed by atoms with van der Waals surface area (Å²) in [6, 6.07) is 22.8. The average Bonchev–Trinajstić information content (AvgIpc) is 3.36. The Morgan fingerprint density at radius 1 is 0.849 bits per heavy atom. The second-order valence-electron chi connectivity index (χ2n) is 19.2. The Morgan fingerprint density at radius 2 is 1.47 bits per heavy atom. The number of Topliss-reactive ketones (excluding diaryl/α,β-unsaturated/α-hetero) is 1. The van der Waals surface area contributed by atoms with Crippen LogP contribution >= 0.6 is 21.6 Å². The topological polar surface area (TPSA) is 254 Å². The van der Waals surface area contributed by atoms with Crippen molar-refractivity contribution in [1.29, 1.82) is 0 Å². The number of hydrogen-bond donors (Lipinski definition) is 3. The molecule has 18 nitrogen and oxygen atoms in total. The minimum absolute atomic E-state index is 0.0416. The summed E-state index contributed by atoms with van der Waals surface area (Å²) in [5.41, 5.74) is -7.45. The van der Waals surface area contributed by atoms with Crippen LogP contribution in [0.5, 0.6) is 0 Å². The Labute approximate surface area is 429 Å². The summed E-state index contributed by atoms with van der Waals surface area (Å²) in [5, 5.41) is 29.0. The molecule has 1 saturated heterocycles. The van der Waals surface area contributed by atoms with Gasteiger partial charge in [0.2, 0.25) is 6.10 Å². The summed E-state index contributed by atoms with van der Waals surface area (Å²) in [7, 11) is 2.63. The zero-order chi connectivity index (χ0) is 52.9. The van der Waals surface area contributed by atoms with Gasteiger partial charge in [0.05, 0.1) is 36.0 Å². The highest BCUT2D eigenvalue weighted by Gasteiger charge is 2.78. The summed E-state index contributed by atoms with van der Waals surface area (Å²) in [5.74, 6) is -7.24. The van der Waals surface area contributed by atoms with Crippen LogP contribution in [0.3, 0.4) is 0 Å². The first kappa shape index (κ1) is 54.7. The van der Waals surface area contributed by atoms with Crippen LogP contribution in [0, 0.1) is 16.7 Å². The maximum Gasteiger partial charge on any atom is 0.350 e. The van der Waals surface area contributed by atoms with Crippen LogP contribution in [0.1, 0.15) is 93.1 Å². The van der Waals surface area contributed by atoms with E-state index in [1.165, 1.54) is 47.6 Å². The lowest BCUT2D eigenvalue weighted by atomic mass is 9.44. The van der Waals surface area contributed by atoms with E-state index in [4.69, 9.17) is 33.2 Å². The van der Waals surface area contributed by atoms with Gasteiger partial charge >= 0.3 is 29.8 Å². The number of esters is 5. The van der Waals surface area contributed by atoms with Gasteiger partial charge in [-0.2, -0.15) is 0 Å². The number of hydrogen-bond acceptors (Lipinski definition) is 19. The van der Waals surface area contributed by atoms with Crippen molar-refractivity contribution in [2.45, 2.75) is 115 Å². The molecule has 0 radical (unpaired) electrons. The molecule has 3 aliphatic carbocycles. The fourth-order valence-corrected chi connectivity index (χ4v) is 12.7. The van der Waals surface area contributed by atoms with Crippen LogP contribution in [-0.4, -0.2) is 131 Å². The van der Waals surface area contributed by atoms with E-state index < -0.39 is 119 Å². The molecule has 73 heavy (non-hydrogen) atoms. The molecule has 3 aromatic carbocycles. The number of fused-ring (bicyclic) bond motifs is 5. The van der Waals surface area contributed by atoms with Crippen LogP contribution in [0.2, 0.25) is 0 Å². The third-order valence-electron chi connectivity index (χ3n) is 14.5. The van der Waals surface area contributed by atoms with E-state index in [0.29, 0.717) is 17.8 Å². The largest absolute Gasteiger partial charge is 0.467 e. The van der Waals surface area contributed by atoms with Crippen LogP contribution in [0.4, 0.5) is 0 Å². The van der Waals surface area contributed by atoms with Gasteiger partial charge in [0.15, 0.2) is 17.5 Å². The second kappa shape index (κ2) is 22.6. The van der Waals surface area contributed by atoms with Crippen molar-refractivity contribution in [3.8, 4) is 0 Å². The number of amides is 1. The molecule has 1 heterocycles. The Hall–Kier alpha value is -6.06. The molecule has 3 fully saturated rings. The molecular formula is C53H59NO17S2. The van der Waals surface area contributed by atoms with E-state index in [2.05, 4.69) is 5.32 Å². The van der Waals surface area contributed by atoms with Crippen molar-refractivity contribution >= 4 is 69.6 Å². The number of benzene rings is 3. The zero-order valence-electron chi connectivity index (χ0n) is 41.1. The van der Waals surface area contributed by atoms with Gasteiger partial charge in [-0.05, 0) is 54.8 Å². The lowest BCUT2D eigenvalue weighted by Gasteiger charge is -2.67. The molecule has 3 aromatic rings. The van der Waals surface area contributed by atoms with Crippen LogP contribution in [-0.2, 0) is 61.9 Å². The van der Waals surface area contributed by atoms with Gasteiger partial charge in [-0.1, -0.05) is 102 Å². The average molecular weight is 1050 g/mol. The van der Waals surface area contributed by atoms with Crippen molar-refractivity contribution in [3.05, 3.63) is 119 Å². The number of ketones is 1. The van der Waals surface area contributed by atoms with E-state index >= 15 is 9.59 Å². The van der Waals surface area contributed by atoms with Gasteiger partial charge in [0.1, 0.15) is 36.6 Å². The van der Waals surface area contributed by atoms with E-state index in [-0.39, 0.29) is 54.1 Å². The van der Waals surface area contributed by atoms with E-state index in [1.54, 1.807) is 92.7 Å². The standard InChI is InChI=1S/C53H59NO17S2/c1-30-36(68-49(63)43(69-39(59)22-24-72-73-25-23-65-29-55)41(33-16-10-7-11-17-33)54-47(61)34-18-12-8-13-19-34)27-53(64)46(70-48(62)35-20-14-9-15-21-35)44-51(6,37(58)26-38-52(44,28-66-38)71-32(3)57)45(60)42(67-31(2)56)40(30)50(53,4)5/h7-21,29,36-38,41-44,46,58,64H,22-28H2,1-6H3,(H,54,61)/t36-,37-,38+,41-,42+,43+,44?,46-,51+,52-,53+/m0/s1. The van der Waals surface area contributed by atoms with E-state index in [9.17, 15) is 39.0 Å². The first-order valence-corrected chi connectivity index (χ1v) is 26.2. The van der Waals surface area contributed by atoms with Crippen molar-refractivity contribution in [1.82, 2.24) is 5.32 Å². The molecule has 0 spiro atoms. The second-order valence-corrected chi connectivity index (χ2v) is 21.9. The number of carbonyl (C=O) groups is 8. The number of aliphatic hydroxyl groups excluding tert-OH is 1. The number of rotatable bonds is 19. The fourth-order valence-electron chi connectivity index (χ4n) is 10.9. The highest BCUT2D eigenvalue weighted by Crippen LogP contribution is 2.64. The highest BCUT2D eigenvalue weighted by atomic mass is 33.1. The molecule has 4 aliphatic rings. The van der Waals surface area contributed by atoms with Gasteiger partial charge in [-0.25, -0.2) is 9.59 Å². The molecule has 0 aromatic heterocycles. The monoisotopic (exact) mass is 1050 g/mol. The van der Waals surface area contributed by atoms with Gasteiger partial charge in [-0.3, -0.25) is 28.8 Å². The summed E-state index contributed by atoms with van der Waals surface area (Å²) < 4.78 is 41.6. The predicted octanol–water partition coefficient (Wildman–Crippen LogP) is 5.23. The van der Waals surface area contributed by atoms with Gasteiger partial charge in [-0.15, -0.1) is 0 Å². The normalized spacial score (nSPS) is 28.6. The lowest BCUT2D eigenvalue weighted by molar-refractivity contribution is -0.346. The van der Waals surface area contributed by atoms with Crippen molar-refractivity contribution in [2.75, 3.05) is 24.7 Å². The molecule has 2 saturated carbocycles. The van der Waals surface area contributed by atoms with Crippen molar-refractivity contribution in [2.24, 2.45) is 16.7 Å². The quantitative estimate of drug-likeness (QED) is 0.0347. The summed E-state index contributed by atoms with van der Waals surface area (Å²) >= 11 is 0. The van der Waals surface area contributed by atoms with Crippen LogP contribution in [0.15, 0.2) is 102 Å². The smallest absolute Gasteiger partial charge is 0.350 e. The molecule has 2 bridgehead atoms. The third kappa shape index (κ3) is 10.8. The molecule has 1 amide bonds. The Morgan fingerprint density at radius 3 is 2.05 bits per heavy atom. The SMILES string of the molecule is CC(=O)O[C@H]1C(=O)[C@@]2(C)C([C@H](OC(=O)c3ccccc3)[C@]3(O)C[C@H](OC(=O)[C@H](OC(=O)CCSSCCOC=O)[C@@H](NC(=O)c4ccccc4)c4ccccc4)C(C)=C1C3(C)C)[C@]1(OC(C)=O)CO[C@@H]1C[C@@H]2O. The number of nitrogens with one attached hydrogen (secondary N) is 1. The molecule has 11 atom stereocenters. The first-order valence-electron chi connectivity index (χ1n) is 23.7. The molecule has 7 rings (SSSR count). The van der Waals surface area contributed by atoms with Gasteiger partial charge < -0.3 is 48.7 Å². The molecule has 390 valence electrons. The summed E-state index contributed by atoms with van der Waals surface area (Å²) in [6.07, 6.45) is -11.0. The van der Waals surface area contributed by atoms with Crippen LogP contribution in [0.25, 0.3) is 0 Å².